The predicted molar refractivity (Wildman–Crippen MR) is 105 cm³/mol. The number of amides is 1. The van der Waals surface area contributed by atoms with Gasteiger partial charge in [-0.25, -0.2) is 0 Å². The molecule has 0 fully saturated rings. The van der Waals surface area contributed by atoms with Crippen molar-refractivity contribution in [3.05, 3.63) is 53.4 Å². The lowest BCUT2D eigenvalue weighted by Gasteiger charge is -2.12. The first-order valence-electron chi connectivity index (χ1n) is 6.20. The van der Waals surface area contributed by atoms with Crippen LogP contribution >= 0.6 is 66.1 Å². The summed E-state index contributed by atoms with van der Waals surface area (Å²) < 4.78 is 8.34. The van der Waals surface area contributed by atoms with Gasteiger partial charge in [-0.3, -0.25) is 4.79 Å². The van der Waals surface area contributed by atoms with Crippen LogP contribution in [0.2, 0.25) is 5.02 Å². The number of carbonyl (C=O) groups excluding carboxylic acids is 1. The van der Waals surface area contributed by atoms with E-state index in [1.165, 1.54) is 0 Å². The third kappa shape index (κ3) is 4.84. The molecule has 2 rings (SSSR count). The fourth-order valence-electron chi connectivity index (χ4n) is 1.79. The Morgan fingerprint density at radius 1 is 1.32 bits per heavy atom. The molecule has 0 saturated carbocycles. The molecule has 7 heteroatoms. The van der Waals surface area contributed by atoms with E-state index in [2.05, 4.69) is 59.8 Å². The van der Waals surface area contributed by atoms with Gasteiger partial charge >= 0.3 is 0 Å². The van der Waals surface area contributed by atoms with Gasteiger partial charge in [0.2, 0.25) is 0 Å². The molecule has 0 bridgehead atoms. The van der Waals surface area contributed by atoms with Gasteiger partial charge in [0.25, 0.3) is 5.91 Å². The van der Waals surface area contributed by atoms with E-state index in [-0.39, 0.29) is 12.5 Å². The summed E-state index contributed by atoms with van der Waals surface area (Å²) >= 11 is 15.1. The molecular weight excluding hydrogens is 548 g/mol. The van der Waals surface area contributed by atoms with Crippen molar-refractivity contribution in [2.75, 3.05) is 11.9 Å². The topological polar surface area (TPSA) is 38.3 Å². The molecule has 116 valence electrons. The third-order valence-electron chi connectivity index (χ3n) is 2.75. The first kappa shape index (κ1) is 18.0. The van der Waals surface area contributed by atoms with E-state index < -0.39 is 0 Å². The number of anilines is 1. The van der Waals surface area contributed by atoms with Crippen molar-refractivity contribution in [1.82, 2.24) is 0 Å². The lowest BCUT2D eigenvalue weighted by atomic mass is 10.2. The molecule has 22 heavy (non-hydrogen) atoms. The normalized spacial score (nSPS) is 10.4. The number of carbonyl (C=O) groups is 1. The maximum atomic E-state index is 12.0. The number of halogens is 4. The highest BCUT2D eigenvalue weighted by molar-refractivity contribution is 14.1. The summed E-state index contributed by atoms with van der Waals surface area (Å²) in [5.74, 6) is 0.379. The van der Waals surface area contributed by atoms with Crippen LogP contribution in [0.3, 0.4) is 0 Å². The minimum atomic E-state index is -0.266. The first-order valence-corrected chi connectivity index (χ1v) is 9.24. The van der Waals surface area contributed by atoms with Gasteiger partial charge in [0.15, 0.2) is 6.61 Å². The number of hydrogen-bond acceptors (Lipinski definition) is 2. The summed E-state index contributed by atoms with van der Waals surface area (Å²) in [6.07, 6.45) is 0. The second-order valence-electron chi connectivity index (χ2n) is 4.49. The standard InChI is InChI=1S/C15H11Br2ClINO2/c1-8-4-9(16)5-11(17)15(8)22-7-14(21)20-13-3-2-10(19)6-12(13)18/h2-6H,7H2,1H3,(H,20,21). The van der Waals surface area contributed by atoms with Crippen LogP contribution in [0.25, 0.3) is 0 Å². The highest BCUT2D eigenvalue weighted by atomic mass is 127. The number of aryl methyl sites for hydroxylation is 1. The molecule has 3 nitrogen and oxygen atoms in total. The molecule has 2 aromatic rings. The lowest BCUT2D eigenvalue weighted by molar-refractivity contribution is -0.118. The molecule has 2 aromatic carbocycles. The van der Waals surface area contributed by atoms with Crippen molar-refractivity contribution < 1.29 is 9.53 Å². The molecule has 0 atom stereocenters. The van der Waals surface area contributed by atoms with Crippen molar-refractivity contribution >= 4 is 77.6 Å². The van der Waals surface area contributed by atoms with Gasteiger partial charge in [0.05, 0.1) is 15.2 Å². The van der Waals surface area contributed by atoms with Crippen molar-refractivity contribution in [2.45, 2.75) is 6.92 Å². The van der Waals surface area contributed by atoms with E-state index in [0.717, 1.165) is 18.1 Å². The molecule has 0 spiro atoms. The molecule has 0 saturated heterocycles. The predicted octanol–water partition coefficient (Wildman–Crippen LogP) is 5.80. The van der Waals surface area contributed by atoms with E-state index in [1.54, 1.807) is 12.1 Å². The third-order valence-corrected chi connectivity index (χ3v) is 4.78. The van der Waals surface area contributed by atoms with E-state index in [1.807, 2.05) is 25.1 Å². The number of hydrogen-bond donors (Lipinski definition) is 1. The zero-order valence-corrected chi connectivity index (χ0v) is 17.5. The SMILES string of the molecule is Cc1cc(Br)cc(Br)c1OCC(=O)Nc1ccc(I)cc1Cl. The van der Waals surface area contributed by atoms with Crippen molar-refractivity contribution in [3.63, 3.8) is 0 Å². The average Bonchev–Trinajstić information content (AvgIpc) is 2.40. The monoisotopic (exact) mass is 557 g/mol. The Hall–Kier alpha value is -0.310. The second-order valence-corrected chi connectivity index (χ2v) is 7.92. The molecule has 0 aliphatic heterocycles. The zero-order valence-electron chi connectivity index (χ0n) is 11.4. The van der Waals surface area contributed by atoms with Gasteiger partial charge < -0.3 is 10.1 Å². The lowest BCUT2D eigenvalue weighted by Crippen LogP contribution is -2.20. The van der Waals surface area contributed by atoms with Crippen LogP contribution < -0.4 is 10.1 Å². The van der Waals surface area contributed by atoms with Crippen LogP contribution in [0.15, 0.2) is 39.3 Å². The summed E-state index contributed by atoms with van der Waals surface area (Å²) in [5.41, 5.74) is 1.50. The van der Waals surface area contributed by atoms with Crippen LogP contribution in [-0.2, 0) is 4.79 Å². The van der Waals surface area contributed by atoms with Crippen LogP contribution in [0.5, 0.6) is 5.75 Å². The fourth-order valence-corrected chi connectivity index (χ4v) is 4.24. The first-order chi connectivity index (χ1) is 10.4. The molecule has 1 N–H and O–H groups in total. The molecule has 0 unspecified atom stereocenters. The van der Waals surface area contributed by atoms with Crippen LogP contribution in [-0.4, -0.2) is 12.5 Å². The van der Waals surface area contributed by atoms with E-state index in [0.29, 0.717) is 16.5 Å². The summed E-state index contributed by atoms with van der Waals surface area (Å²) in [6, 6.07) is 9.22. The highest BCUT2D eigenvalue weighted by Gasteiger charge is 2.11. The van der Waals surface area contributed by atoms with Crippen LogP contribution in [0.4, 0.5) is 5.69 Å². The molecule has 0 heterocycles. The van der Waals surface area contributed by atoms with Gasteiger partial charge in [-0.1, -0.05) is 27.5 Å². The fraction of sp³-hybridized carbons (Fsp3) is 0.133. The molecule has 0 aliphatic carbocycles. The molecular formula is C15H11Br2ClINO2. The minimum Gasteiger partial charge on any atom is -0.482 e. The number of nitrogens with one attached hydrogen (secondary N) is 1. The van der Waals surface area contributed by atoms with Crippen molar-refractivity contribution in [1.29, 1.82) is 0 Å². The second kappa shape index (κ2) is 7.99. The largest absolute Gasteiger partial charge is 0.482 e. The van der Waals surface area contributed by atoms with Crippen molar-refractivity contribution in [2.24, 2.45) is 0 Å². The summed E-state index contributed by atoms with van der Waals surface area (Å²) in [7, 11) is 0. The van der Waals surface area contributed by atoms with Crippen LogP contribution in [0.1, 0.15) is 5.56 Å². The Balaban J connectivity index is 2.02. The smallest absolute Gasteiger partial charge is 0.262 e. The van der Waals surface area contributed by atoms with Crippen molar-refractivity contribution in [3.8, 4) is 5.75 Å². The summed E-state index contributed by atoms with van der Waals surface area (Å²) in [4.78, 5) is 12.0. The number of ether oxygens (including phenoxy) is 1. The van der Waals surface area contributed by atoms with E-state index >= 15 is 0 Å². The van der Waals surface area contributed by atoms with E-state index in [4.69, 9.17) is 16.3 Å². The van der Waals surface area contributed by atoms with Gasteiger partial charge in [0.1, 0.15) is 5.75 Å². The van der Waals surface area contributed by atoms with Crippen LogP contribution in [0, 0.1) is 10.5 Å². The number of rotatable bonds is 4. The Bertz CT molecular complexity index is 702. The Labute approximate surface area is 164 Å². The van der Waals surface area contributed by atoms with Gasteiger partial charge in [-0.05, 0) is 81.3 Å². The Kier molecular flexibility index (Phi) is 6.55. The van der Waals surface area contributed by atoms with Gasteiger partial charge in [-0.15, -0.1) is 0 Å². The highest BCUT2D eigenvalue weighted by Crippen LogP contribution is 2.32. The van der Waals surface area contributed by atoms with Gasteiger partial charge in [0, 0.05) is 8.04 Å². The molecule has 1 amide bonds. The van der Waals surface area contributed by atoms with Gasteiger partial charge in [-0.2, -0.15) is 0 Å². The number of benzene rings is 2. The molecule has 0 aliphatic rings. The Morgan fingerprint density at radius 3 is 2.68 bits per heavy atom. The Morgan fingerprint density at radius 2 is 2.05 bits per heavy atom. The summed E-state index contributed by atoms with van der Waals surface area (Å²) in [6.45, 7) is 1.82. The quantitative estimate of drug-likeness (QED) is 0.482. The minimum absolute atomic E-state index is 0.0939. The molecule has 0 aromatic heterocycles. The van der Waals surface area contributed by atoms with E-state index in [9.17, 15) is 4.79 Å². The zero-order chi connectivity index (χ0) is 16.3. The maximum absolute atomic E-state index is 12.0. The molecule has 0 radical (unpaired) electrons. The average molecular weight is 559 g/mol. The summed E-state index contributed by atoms with van der Waals surface area (Å²) in [5, 5.41) is 3.24. The maximum Gasteiger partial charge on any atom is 0.262 e.